The molecule has 3 N–H and O–H groups in total. The van der Waals surface area contributed by atoms with E-state index in [1.165, 1.54) is 0 Å². The van der Waals surface area contributed by atoms with E-state index in [1.807, 2.05) is 0 Å². The van der Waals surface area contributed by atoms with Gasteiger partial charge in [0.1, 0.15) is 6.04 Å². The summed E-state index contributed by atoms with van der Waals surface area (Å²) in [7, 11) is -3.49. The number of carboxylic acids is 1. The van der Waals surface area contributed by atoms with Gasteiger partial charge in [-0.1, -0.05) is 18.2 Å². The van der Waals surface area contributed by atoms with Gasteiger partial charge in [0.25, 0.3) is 0 Å². The topological polar surface area (TPSA) is 95.9 Å². The third-order valence-corrected chi connectivity index (χ3v) is 4.46. The number of rotatable bonds is 7. The second-order valence-electron chi connectivity index (χ2n) is 3.51. The molecule has 0 aromatic heterocycles. The minimum Gasteiger partial charge on any atom is -0.480 e. The van der Waals surface area contributed by atoms with Crippen LogP contribution in [-0.4, -0.2) is 35.4 Å². The van der Waals surface area contributed by atoms with Gasteiger partial charge in [0.05, 0.1) is 18.5 Å². The average Bonchev–Trinajstić information content (AvgIpc) is 2.37. The quantitative estimate of drug-likeness (QED) is 0.629. The molecule has 0 spiro atoms. The van der Waals surface area contributed by atoms with Crippen LogP contribution in [0.1, 0.15) is 6.92 Å². The normalized spacial score (nSPS) is 15.9. The number of nitrogens with one attached hydrogen (secondary N) is 1. The molecule has 1 unspecified atom stereocenters. The Bertz CT molecular complexity index is 436. The van der Waals surface area contributed by atoms with Crippen LogP contribution < -0.4 is 10.4 Å². The summed E-state index contributed by atoms with van der Waals surface area (Å²) in [5.74, 6) is -1.28. The Morgan fingerprint density at radius 3 is 2.50 bits per heavy atom. The van der Waals surface area contributed by atoms with E-state index >= 15 is 0 Å². The van der Waals surface area contributed by atoms with Crippen LogP contribution in [0.2, 0.25) is 0 Å². The highest BCUT2D eigenvalue weighted by Gasteiger charge is 2.31. The molecule has 0 aliphatic carbocycles. The van der Waals surface area contributed by atoms with Crippen molar-refractivity contribution in [1.82, 2.24) is 5.09 Å². The molecule has 6 nitrogen and oxygen atoms in total. The number of carboxylic acid groups (broad SMARTS) is 1. The highest BCUT2D eigenvalue weighted by Crippen LogP contribution is 2.41. The maximum atomic E-state index is 12.6. The summed E-state index contributed by atoms with van der Waals surface area (Å²) in [5.41, 5.74) is 0. The lowest BCUT2D eigenvalue weighted by molar-refractivity contribution is -0.139. The van der Waals surface area contributed by atoms with Gasteiger partial charge in [0, 0.05) is 0 Å². The van der Waals surface area contributed by atoms with Crippen LogP contribution in [-0.2, 0) is 13.9 Å². The van der Waals surface area contributed by atoms with E-state index in [0.29, 0.717) is 5.30 Å². The van der Waals surface area contributed by atoms with Gasteiger partial charge in [-0.05, 0) is 19.1 Å². The molecule has 100 valence electrons. The van der Waals surface area contributed by atoms with E-state index in [9.17, 15) is 9.36 Å². The number of aliphatic hydroxyl groups excluding tert-OH is 1. The SMILES string of the molecule is CCOP(=O)(N[C@@H](CO)C(=O)O)c1ccccc1. The first-order valence-electron chi connectivity index (χ1n) is 5.45. The van der Waals surface area contributed by atoms with E-state index in [1.54, 1.807) is 37.3 Å². The summed E-state index contributed by atoms with van der Waals surface area (Å²) >= 11 is 0. The molecule has 18 heavy (non-hydrogen) atoms. The number of hydrogen-bond donors (Lipinski definition) is 3. The molecule has 0 heterocycles. The molecular weight excluding hydrogens is 257 g/mol. The van der Waals surface area contributed by atoms with Crippen molar-refractivity contribution in [2.45, 2.75) is 13.0 Å². The molecule has 0 saturated carbocycles. The van der Waals surface area contributed by atoms with Crippen LogP contribution in [0.15, 0.2) is 30.3 Å². The molecule has 0 fully saturated rings. The standard InChI is InChI=1S/C11H16NO5P/c1-2-17-18(16,9-6-4-3-5-7-9)12-10(8-13)11(14)15/h3-7,10,13H,2,8H2,1H3,(H,12,16)(H,14,15)/t10-,18?/m0/s1. The molecule has 7 heteroatoms. The number of aliphatic carboxylic acids is 1. The molecule has 0 radical (unpaired) electrons. The van der Waals surface area contributed by atoms with Crippen molar-refractivity contribution >= 4 is 18.8 Å². The molecule has 0 aliphatic rings. The van der Waals surface area contributed by atoms with Crippen molar-refractivity contribution in [2.24, 2.45) is 0 Å². The first-order valence-corrected chi connectivity index (χ1v) is 7.07. The monoisotopic (exact) mass is 273 g/mol. The summed E-state index contributed by atoms with van der Waals surface area (Å²) in [6, 6.07) is 6.94. The van der Waals surface area contributed by atoms with Crippen LogP contribution in [0.4, 0.5) is 0 Å². The first kappa shape index (κ1) is 14.9. The molecule has 0 aliphatic heterocycles. The van der Waals surface area contributed by atoms with E-state index in [4.69, 9.17) is 14.7 Å². The van der Waals surface area contributed by atoms with Crippen molar-refractivity contribution in [3.63, 3.8) is 0 Å². The highest BCUT2D eigenvalue weighted by atomic mass is 31.2. The van der Waals surface area contributed by atoms with E-state index in [2.05, 4.69) is 5.09 Å². The van der Waals surface area contributed by atoms with E-state index < -0.39 is 26.1 Å². The molecule has 1 aromatic carbocycles. The second kappa shape index (κ2) is 6.66. The average molecular weight is 273 g/mol. The zero-order valence-corrected chi connectivity index (χ0v) is 10.8. The van der Waals surface area contributed by atoms with Crippen LogP contribution in [0, 0.1) is 0 Å². The fourth-order valence-electron chi connectivity index (χ4n) is 1.37. The van der Waals surface area contributed by atoms with Gasteiger partial charge >= 0.3 is 13.5 Å². The minimum absolute atomic E-state index is 0.164. The minimum atomic E-state index is -3.49. The Hall–Kier alpha value is -1.20. The van der Waals surface area contributed by atoms with Crippen molar-refractivity contribution in [1.29, 1.82) is 0 Å². The largest absolute Gasteiger partial charge is 0.480 e. The van der Waals surface area contributed by atoms with Crippen molar-refractivity contribution in [3.8, 4) is 0 Å². The lowest BCUT2D eigenvalue weighted by Crippen LogP contribution is -2.40. The summed E-state index contributed by atoms with van der Waals surface area (Å²) in [6.45, 7) is 1.15. The van der Waals surface area contributed by atoms with Crippen LogP contribution in [0.3, 0.4) is 0 Å². The summed E-state index contributed by atoms with van der Waals surface area (Å²) < 4.78 is 17.7. The molecule has 1 aromatic rings. The van der Waals surface area contributed by atoms with Gasteiger partial charge in [-0.3, -0.25) is 9.36 Å². The molecule has 0 bridgehead atoms. The summed E-state index contributed by atoms with van der Waals surface area (Å²) in [5, 5.41) is 20.6. The van der Waals surface area contributed by atoms with Gasteiger partial charge in [0.15, 0.2) is 0 Å². The van der Waals surface area contributed by atoms with Crippen LogP contribution in [0.5, 0.6) is 0 Å². The Kier molecular flexibility index (Phi) is 5.50. The Labute approximate surface area is 105 Å². The van der Waals surface area contributed by atoms with Gasteiger partial charge in [-0.15, -0.1) is 0 Å². The van der Waals surface area contributed by atoms with E-state index in [0.717, 1.165) is 0 Å². The van der Waals surface area contributed by atoms with Crippen molar-refractivity contribution in [3.05, 3.63) is 30.3 Å². The maximum absolute atomic E-state index is 12.6. The number of benzene rings is 1. The molecule has 1 rings (SSSR count). The lowest BCUT2D eigenvalue weighted by Gasteiger charge is -2.22. The first-order chi connectivity index (χ1) is 8.53. The van der Waals surface area contributed by atoms with Gasteiger partial charge < -0.3 is 14.7 Å². The van der Waals surface area contributed by atoms with Crippen LogP contribution in [0.25, 0.3) is 0 Å². The molecule has 2 atom stereocenters. The number of aliphatic hydroxyl groups is 1. The Balaban J connectivity index is 3.01. The van der Waals surface area contributed by atoms with Gasteiger partial charge in [-0.2, -0.15) is 0 Å². The molecular formula is C11H16NO5P. The van der Waals surface area contributed by atoms with Crippen LogP contribution >= 0.6 is 7.52 Å². The fourth-order valence-corrected chi connectivity index (χ4v) is 3.28. The predicted octanol–water partition coefficient (Wildman–Crippen LogP) is 0.577. The third-order valence-electron chi connectivity index (χ3n) is 2.21. The molecule has 0 amide bonds. The zero-order chi connectivity index (χ0) is 13.6. The van der Waals surface area contributed by atoms with Crippen molar-refractivity contribution in [2.75, 3.05) is 13.2 Å². The summed E-state index contributed by atoms with van der Waals surface area (Å²) in [4.78, 5) is 10.8. The summed E-state index contributed by atoms with van der Waals surface area (Å²) in [6.07, 6.45) is 0. The number of hydrogen-bond acceptors (Lipinski definition) is 4. The fraction of sp³-hybridized carbons (Fsp3) is 0.364. The Morgan fingerprint density at radius 2 is 2.06 bits per heavy atom. The molecule has 0 saturated heterocycles. The smallest absolute Gasteiger partial charge is 0.323 e. The predicted molar refractivity (Wildman–Crippen MR) is 67.0 cm³/mol. The maximum Gasteiger partial charge on any atom is 0.323 e. The van der Waals surface area contributed by atoms with Gasteiger partial charge in [-0.25, -0.2) is 5.09 Å². The Morgan fingerprint density at radius 1 is 1.44 bits per heavy atom. The lowest BCUT2D eigenvalue weighted by atomic mass is 10.3. The second-order valence-corrected chi connectivity index (χ2v) is 5.64. The van der Waals surface area contributed by atoms with Crippen molar-refractivity contribution < 1.29 is 24.1 Å². The third kappa shape index (κ3) is 3.65. The zero-order valence-electron chi connectivity index (χ0n) is 9.94. The number of carbonyl (C=O) groups is 1. The highest BCUT2D eigenvalue weighted by molar-refractivity contribution is 7.65. The van der Waals surface area contributed by atoms with Gasteiger partial charge in [0.2, 0.25) is 0 Å². The van der Waals surface area contributed by atoms with E-state index in [-0.39, 0.29) is 6.61 Å².